The standard InChI is InChI=1S/C18H26N4O2.ClH/c1-3-5-8-13-22-18(24)15-10-7-6-9-14(15)16(21-22)17(23)20-12-11-19-4-2;/h6-7,9-10,19H,3-5,8,11-13H2,1-2H3,(H,20,23);1H. The van der Waals surface area contributed by atoms with Gasteiger partial charge in [0.05, 0.1) is 5.39 Å². The SMILES string of the molecule is CCCCCn1nc(C(=O)NCCNCC)c2ccccc2c1=O.Cl. The number of aromatic nitrogens is 2. The van der Waals surface area contributed by atoms with Crippen molar-refractivity contribution < 1.29 is 4.79 Å². The molecule has 0 aliphatic heterocycles. The van der Waals surface area contributed by atoms with E-state index in [0.29, 0.717) is 36.1 Å². The Morgan fingerprint density at radius 2 is 1.84 bits per heavy atom. The molecule has 2 rings (SSSR count). The maximum Gasteiger partial charge on any atom is 0.274 e. The van der Waals surface area contributed by atoms with Crippen molar-refractivity contribution in [2.75, 3.05) is 19.6 Å². The minimum Gasteiger partial charge on any atom is -0.349 e. The fraction of sp³-hybridized carbons (Fsp3) is 0.500. The number of halogens is 1. The smallest absolute Gasteiger partial charge is 0.274 e. The second-order valence-corrected chi connectivity index (χ2v) is 5.74. The largest absolute Gasteiger partial charge is 0.349 e. The van der Waals surface area contributed by atoms with Crippen molar-refractivity contribution in [1.29, 1.82) is 0 Å². The van der Waals surface area contributed by atoms with Gasteiger partial charge in [-0.1, -0.05) is 44.9 Å². The number of hydrogen-bond donors (Lipinski definition) is 2. The van der Waals surface area contributed by atoms with E-state index in [1.807, 2.05) is 19.1 Å². The third kappa shape index (κ3) is 5.54. The molecule has 0 spiro atoms. The topological polar surface area (TPSA) is 76.0 Å². The third-order valence-electron chi connectivity index (χ3n) is 3.89. The molecule has 0 bridgehead atoms. The maximum absolute atomic E-state index is 12.6. The van der Waals surface area contributed by atoms with Crippen molar-refractivity contribution >= 4 is 29.1 Å². The Morgan fingerprint density at radius 3 is 2.52 bits per heavy atom. The van der Waals surface area contributed by atoms with E-state index < -0.39 is 0 Å². The maximum atomic E-state index is 12.6. The number of nitrogens with one attached hydrogen (secondary N) is 2. The minimum atomic E-state index is -0.242. The van der Waals surface area contributed by atoms with Gasteiger partial charge in [0, 0.05) is 25.0 Å². The summed E-state index contributed by atoms with van der Waals surface area (Å²) in [6, 6.07) is 7.16. The summed E-state index contributed by atoms with van der Waals surface area (Å²) in [7, 11) is 0. The van der Waals surface area contributed by atoms with E-state index in [-0.39, 0.29) is 23.9 Å². The van der Waals surface area contributed by atoms with Crippen LogP contribution < -0.4 is 16.2 Å². The summed E-state index contributed by atoms with van der Waals surface area (Å²) in [5, 5.41) is 11.5. The van der Waals surface area contributed by atoms with Gasteiger partial charge in [-0.05, 0) is 19.0 Å². The number of amides is 1. The molecule has 2 N–H and O–H groups in total. The number of rotatable bonds is 9. The number of carbonyl (C=O) groups is 1. The van der Waals surface area contributed by atoms with E-state index in [4.69, 9.17) is 0 Å². The molecule has 0 radical (unpaired) electrons. The van der Waals surface area contributed by atoms with Crippen molar-refractivity contribution in [1.82, 2.24) is 20.4 Å². The van der Waals surface area contributed by atoms with Crippen LogP contribution in [0.25, 0.3) is 10.8 Å². The van der Waals surface area contributed by atoms with E-state index in [1.54, 1.807) is 12.1 Å². The van der Waals surface area contributed by atoms with Gasteiger partial charge in [0.15, 0.2) is 5.69 Å². The first-order valence-corrected chi connectivity index (χ1v) is 8.67. The molecule has 0 saturated heterocycles. The van der Waals surface area contributed by atoms with Crippen LogP contribution >= 0.6 is 12.4 Å². The average molecular weight is 367 g/mol. The number of unbranched alkanes of at least 4 members (excludes halogenated alkanes) is 2. The van der Waals surface area contributed by atoms with Gasteiger partial charge in [0.2, 0.25) is 0 Å². The lowest BCUT2D eigenvalue weighted by atomic mass is 10.1. The normalized spacial score (nSPS) is 10.5. The number of aryl methyl sites for hydroxylation is 1. The zero-order chi connectivity index (χ0) is 17.4. The predicted molar refractivity (Wildman–Crippen MR) is 104 cm³/mol. The van der Waals surface area contributed by atoms with Crippen molar-refractivity contribution in [2.45, 2.75) is 39.7 Å². The molecule has 1 heterocycles. The molecule has 0 fully saturated rings. The van der Waals surface area contributed by atoms with Crippen LogP contribution in [0.15, 0.2) is 29.1 Å². The Balaban J connectivity index is 0.00000312. The van der Waals surface area contributed by atoms with Gasteiger partial charge in [0.25, 0.3) is 11.5 Å². The van der Waals surface area contributed by atoms with E-state index in [1.165, 1.54) is 4.68 Å². The van der Waals surface area contributed by atoms with Gasteiger partial charge in [-0.15, -0.1) is 12.4 Å². The van der Waals surface area contributed by atoms with E-state index in [0.717, 1.165) is 25.8 Å². The molecule has 0 aliphatic carbocycles. The summed E-state index contributed by atoms with van der Waals surface area (Å²) in [5.41, 5.74) is 0.184. The number of fused-ring (bicyclic) bond motifs is 1. The first kappa shape index (κ1) is 21.1. The molecule has 1 aromatic heterocycles. The Kier molecular flexibility index (Phi) is 9.16. The molecule has 7 heteroatoms. The number of benzene rings is 1. The van der Waals surface area contributed by atoms with Crippen molar-refractivity contribution in [2.24, 2.45) is 0 Å². The van der Waals surface area contributed by atoms with E-state index in [2.05, 4.69) is 22.7 Å². The van der Waals surface area contributed by atoms with Crippen LogP contribution in [0.1, 0.15) is 43.6 Å². The van der Waals surface area contributed by atoms with Crippen molar-refractivity contribution in [3.05, 3.63) is 40.3 Å². The second kappa shape index (κ2) is 10.8. The van der Waals surface area contributed by atoms with Gasteiger partial charge in [-0.25, -0.2) is 4.68 Å². The van der Waals surface area contributed by atoms with Gasteiger partial charge in [-0.3, -0.25) is 9.59 Å². The Morgan fingerprint density at radius 1 is 1.12 bits per heavy atom. The van der Waals surface area contributed by atoms with Crippen LogP contribution in [-0.2, 0) is 6.54 Å². The fourth-order valence-electron chi connectivity index (χ4n) is 2.59. The highest BCUT2D eigenvalue weighted by Crippen LogP contribution is 2.13. The van der Waals surface area contributed by atoms with Gasteiger partial charge in [-0.2, -0.15) is 5.10 Å². The molecule has 0 unspecified atom stereocenters. The molecular weight excluding hydrogens is 340 g/mol. The molecule has 138 valence electrons. The predicted octanol–water partition coefficient (Wildman–Crippen LogP) is 2.35. The summed E-state index contributed by atoms with van der Waals surface area (Å²) >= 11 is 0. The highest BCUT2D eigenvalue weighted by atomic mass is 35.5. The second-order valence-electron chi connectivity index (χ2n) is 5.74. The van der Waals surface area contributed by atoms with Gasteiger partial charge >= 0.3 is 0 Å². The molecule has 6 nitrogen and oxygen atoms in total. The van der Waals surface area contributed by atoms with Crippen LogP contribution in [0.4, 0.5) is 0 Å². The summed E-state index contributed by atoms with van der Waals surface area (Å²) in [6.45, 7) is 6.76. The molecular formula is C18H27ClN4O2. The first-order chi connectivity index (χ1) is 11.7. The Bertz CT molecular complexity index is 745. The zero-order valence-corrected chi connectivity index (χ0v) is 15.7. The fourth-order valence-corrected chi connectivity index (χ4v) is 2.59. The van der Waals surface area contributed by atoms with Crippen molar-refractivity contribution in [3.8, 4) is 0 Å². The molecule has 0 saturated carbocycles. The summed E-state index contributed by atoms with van der Waals surface area (Å²) in [4.78, 5) is 25.1. The lowest BCUT2D eigenvalue weighted by Crippen LogP contribution is -2.34. The van der Waals surface area contributed by atoms with Crippen LogP contribution in [0, 0.1) is 0 Å². The number of carbonyl (C=O) groups excluding carboxylic acids is 1. The van der Waals surface area contributed by atoms with E-state index in [9.17, 15) is 9.59 Å². The number of likely N-dealkylation sites (N-methyl/N-ethyl adjacent to an activating group) is 1. The van der Waals surface area contributed by atoms with Crippen molar-refractivity contribution in [3.63, 3.8) is 0 Å². The molecule has 0 atom stereocenters. The molecule has 1 amide bonds. The third-order valence-corrected chi connectivity index (χ3v) is 3.89. The monoisotopic (exact) mass is 366 g/mol. The number of nitrogens with zero attached hydrogens (tertiary/aromatic N) is 2. The Hall–Kier alpha value is -1.92. The summed E-state index contributed by atoms with van der Waals surface area (Å²) in [5.74, 6) is -0.242. The lowest BCUT2D eigenvalue weighted by molar-refractivity contribution is 0.0948. The molecule has 2 aromatic rings. The van der Waals surface area contributed by atoms with Crippen LogP contribution in [0.5, 0.6) is 0 Å². The number of hydrogen-bond acceptors (Lipinski definition) is 4. The van der Waals surface area contributed by atoms with Gasteiger partial charge < -0.3 is 10.6 Å². The van der Waals surface area contributed by atoms with Crippen LogP contribution in [-0.4, -0.2) is 35.3 Å². The zero-order valence-electron chi connectivity index (χ0n) is 14.9. The van der Waals surface area contributed by atoms with E-state index >= 15 is 0 Å². The molecule has 25 heavy (non-hydrogen) atoms. The highest BCUT2D eigenvalue weighted by molar-refractivity contribution is 6.04. The molecule has 1 aromatic carbocycles. The summed E-state index contributed by atoms with van der Waals surface area (Å²) < 4.78 is 1.43. The quantitative estimate of drug-likeness (QED) is 0.668. The van der Waals surface area contributed by atoms with Crippen LogP contribution in [0.2, 0.25) is 0 Å². The minimum absolute atomic E-state index is 0. The summed E-state index contributed by atoms with van der Waals surface area (Å²) in [6.07, 6.45) is 2.98. The highest BCUT2D eigenvalue weighted by Gasteiger charge is 2.16. The molecule has 0 aliphatic rings. The first-order valence-electron chi connectivity index (χ1n) is 8.67. The van der Waals surface area contributed by atoms with Gasteiger partial charge in [0.1, 0.15) is 0 Å². The Labute approximate surface area is 154 Å². The van der Waals surface area contributed by atoms with Crippen LogP contribution in [0.3, 0.4) is 0 Å². The average Bonchev–Trinajstić information content (AvgIpc) is 2.61. The lowest BCUT2D eigenvalue weighted by Gasteiger charge is -2.11.